The van der Waals surface area contributed by atoms with Gasteiger partial charge in [0, 0.05) is 5.69 Å². The summed E-state index contributed by atoms with van der Waals surface area (Å²) in [6, 6.07) is 7.91. The Hall–Kier alpha value is -1.51. The maximum Gasteiger partial charge on any atom is 0.329 e. The molecule has 1 heterocycles. The summed E-state index contributed by atoms with van der Waals surface area (Å²) < 4.78 is 0. The van der Waals surface area contributed by atoms with Crippen LogP contribution >= 0.6 is 0 Å². The van der Waals surface area contributed by atoms with Crippen molar-refractivity contribution < 1.29 is 9.90 Å². The smallest absolute Gasteiger partial charge is 0.329 e. The SMILES string of the molecule is CCC1(C(=O)O)CCc2ccccc2N1. The molecule has 0 saturated carbocycles. The van der Waals surface area contributed by atoms with Crippen molar-refractivity contribution in [3.8, 4) is 0 Å². The highest BCUT2D eigenvalue weighted by Crippen LogP contribution is 2.32. The topological polar surface area (TPSA) is 49.3 Å². The molecule has 0 radical (unpaired) electrons. The number of hydrogen-bond acceptors (Lipinski definition) is 2. The lowest BCUT2D eigenvalue weighted by Gasteiger charge is -2.35. The van der Waals surface area contributed by atoms with Crippen LogP contribution in [-0.2, 0) is 11.2 Å². The number of anilines is 1. The van der Waals surface area contributed by atoms with Gasteiger partial charge in [-0.05, 0) is 30.9 Å². The molecule has 0 bridgehead atoms. The molecule has 1 aromatic carbocycles. The first kappa shape index (κ1) is 10.0. The number of benzene rings is 1. The van der Waals surface area contributed by atoms with Crippen molar-refractivity contribution in [2.45, 2.75) is 31.7 Å². The number of carboxylic acid groups (broad SMARTS) is 1. The molecular formula is C12H15NO2. The van der Waals surface area contributed by atoms with Gasteiger partial charge in [0.15, 0.2) is 0 Å². The first-order chi connectivity index (χ1) is 7.18. The van der Waals surface area contributed by atoms with Gasteiger partial charge in [-0.1, -0.05) is 25.1 Å². The Morgan fingerprint density at radius 2 is 2.27 bits per heavy atom. The molecule has 2 N–H and O–H groups in total. The average molecular weight is 205 g/mol. The highest BCUT2D eigenvalue weighted by atomic mass is 16.4. The number of hydrogen-bond donors (Lipinski definition) is 2. The molecule has 15 heavy (non-hydrogen) atoms. The van der Waals surface area contributed by atoms with Gasteiger partial charge in [-0.25, -0.2) is 4.79 Å². The molecular weight excluding hydrogens is 190 g/mol. The number of fused-ring (bicyclic) bond motifs is 1. The van der Waals surface area contributed by atoms with Gasteiger partial charge < -0.3 is 10.4 Å². The summed E-state index contributed by atoms with van der Waals surface area (Å²) in [7, 11) is 0. The van der Waals surface area contributed by atoms with Gasteiger partial charge in [0.05, 0.1) is 0 Å². The number of para-hydroxylation sites is 1. The predicted molar refractivity (Wildman–Crippen MR) is 59.0 cm³/mol. The van der Waals surface area contributed by atoms with E-state index in [-0.39, 0.29) is 0 Å². The van der Waals surface area contributed by atoms with E-state index in [0.717, 1.165) is 12.1 Å². The average Bonchev–Trinajstić information content (AvgIpc) is 2.28. The lowest BCUT2D eigenvalue weighted by atomic mass is 9.84. The van der Waals surface area contributed by atoms with Crippen LogP contribution in [0.1, 0.15) is 25.3 Å². The van der Waals surface area contributed by atoms with Crippen molar-refractivity contribution in [3.63, 3.8) is 0 Å². The summed E-state index contributed by atoms with van der Waals surface area (Å²) >= 11 is 0. The fraction of sp³-hybridized carbons (Fsp3) is 0.417. The van der Waals surface area contributed by atoms with Crippen LogP contribution in [0.15, 0.2) is 24.3 Å². The standard InChI is InChI=1S/C12H15NO2/c1-2-12(11(14)15)8-7-9-5-3-4-6-10(9)13-12/h3-6,13H,2,7-8H2,1H3,(H,14,15). The third kappa shape index (κ3) is 1.58. The Labute approximate surface area is 89.1 Å². The summed E-state index contributed by atoms with van der Waals surface area (Å²) in [5.74, 6) is -0.750. The molecule has 1 aliphatic rings. The molecule has 0 aromatic heterocycles. The maximum atomic E-state index is 11.3. The van der Waals surface area contributed by atoms with Crippen LogP contribution in [0, 0.1) is 0 Å². The van der Waals surface area contributed by atoms with Gasteiger partial charge in [0.1, 0.15) is 5.54 Å². The van der Waals surface area contributed by atoms with Gasteiger partial charge in [0.25, 0.3) is 0 Å². The first-order valence-electron chi connectivity index (χ1n) is 5.27. The fourth-order valence-corrected chi connectivity index (χ4v) is 2.11. The lowest BCUT2D eigenvalue weighted by Crippen LogP contribution is -2.48. The van der Waals surface area contributed by atoms with Gasteiger partial charge in [-0.3, -0.25) is 0 Å². The number of aryl methyl sites for hydroxylation is 1. The zero-order chi connectivity index (χ0) is 10.9. The van der Waals surface area contributed by atoms with Crippen molar-refractivity contribution in [1.82, 2.24) is 0 Å². The predicted octanol–water partition coefficient (Wildman–Crippen LogP) is 2.28. The molecule has 3 nitrogen and oxygen atoms in total. The number of carboxylic acids is 1. The van der Waals surface area contributed by atoms with E-state index < -0.39 is 11.5 Å². The van der Waals surface area contributed by atoms with E-state index in [1.807, 2.05) is 31.2 Å². The van der Waals surface area contributed by atoms with Crippen LogP contribution in [0.5, 0.6) is 0 Å². The second-order valence-electron chi connectivity index (χ2n) is 4.02. The summed E-state index contributed by atoms with van der Waals surface area (Å²) in [6.45, 7) is 1.91. The van der Waals surface area contributed by atoms with Crippen molar-refractivity contribution in [2.24, 2.45) is 0 Å². The Morgan fingerprint density at radius 3 is 2.93 bits per heavy atom. The van der Waals surface area contributed by atoms with Gasteiger partial charge >= 0.3 is 5.97 Å². The summed E-state index contributed by atoms with van der Waals surface area (Å²) in [5, 5.41) is 12.4. The van der Waals surface area contributed by atoms with Crippen LogP contribution in [0.2, 0.25) is 0 Å². The third-order valence-electron chi connectivity index (χ3n) is 3.23. The molecule has 3 heteroatoms. The van der Waals surface area contributed by atoms with Crippen LogP contribution in [0.25, 0.3) is 0 Å². The quantitative estimate of drug-likeness (QED) is 0.778. The zero-order valence-corrected chi connectivity index (χ0v) is 8.79. The molecule has 0 aliphatic carbocycles. The van der Waals surface area contributed by atoms with E-state index in [4.69, 9.17) is 0 Å². The molecule has 80 valence electrons. The van der Waals surface area contributed by atoms with E-state index in [0.29, 0.717) is 12.8 Å². The minimum absolute atomic E-state index is 0.608. The molecule has 0 spiro atoms. The molecule has 0 fully saturated rings. The van der Waals surface area contributed by atoms with E-state index in [2.05, 4.69) is 5.32 Å². The Morgan fingerprint density at radius 1 is 1.53 bits per heavy atom. The minimum Gasteiger partial charge on any atom is -0.480 e. The number of rotatable bonds is 2. The van der Waals surface area contributed by atoms with Crippen molar-refractivity contribution in [2.75, 3.05) is 5.32 Å². The number of nitrogens with one attached hydrogen (secondary N) is 1. The largest absolute Gasteiger partial charge is 0.480 e. The van der Waals surface area contributed by atoms with Gasteiger partial charge in [-0.2, -0.15) is 0 Å². The number of aliphatic carboxylic acids is 1. The molecule has 1 unspecified atom stereocenters. The maximum absolute atomic E-state index is 11.3. The molecule has 1 aliphatic heterocycles. The highest BCUT2D eigenvalue weighted by Gasteiger charge is 2.39. The van der Waals surface area contributed by atoms with Gasteiger partial charge in [0.2, 0.25) is 0 Å². The minimum atomic E-state index is -0.769. The first-order valence-corrected chi connectivity index (χ1v) is 5.27. The summed E-state index contributed by atoms with van der Waals surface area (Å²) in [5.41, 5.74) is 1.41. The summed E-state index contributed by atoms with van der Waals surface area (Å²) in [6.07, 6.45) is 2.11. The Balaban J connectivity index is 2.35. The highest BCUT2D eigenvalue weighted by molar-refractivity contribution is 5.84. The van der Waals surface area contributed by atoms with E-state index in [1.54, 1.807) is 0 Å². The van der Waals surface area contributed by atoms with E-state index in [9.17, 15) is 9.90 Å². The molecule has 2 rings (SSSR count). The molecule has 1 atom stereocenters. The molecule has 0 amide bonds. The normalized spacial score (nSPS) is 24.1. The Bertz CT molecular complexity index is 389. The fourth-order valence-electron chi connectivity index (χ4n) is 2.11. The van der Waals surface area contributed by atoms with Crippen molar-refractivity contribution in [1.29, 1.82) is 0 Å². The van der Waals surface area contributed by atoms with Gasteiger partial charge in [-0.15, -0.1) is 0 Å². The van der Waals surface area contributed by atoms with Crippen LogP contribution in [0.3, 0.4) is 0 Å². The summed E-state index contributed by atoms with van der Waals surface area (Å²) in [4.78, 5) is 11.3. The second kappa shape index (κ2) is 3.57. The second-order valence-corrected chi connectivity index (χ2v) is 4.02. The monoisotopic (exact) mass is 205 g/mol. The van der Waals surface area contributed by atoms with Crippen molar-refractivity contribution >= 4 is 11.7 Å². The molecule has 0 saturated heterocycles. The van der Waals surface area contributed by atoms with Crippen LogP contribution in [-0.4, -0.2) is 16.6 Å². The molecule has 1 aromatic rings. The Kier molecular flexibility index (Phi) is 2.39. The van der Waals surface area contributed by atoms with E-state index >= 15 is 0 Å². The van der Waals surface area contributed by atoms with Crippen LogP contribution in [0.4, 0.5) is 5.69 Å². The lowest BCUT2D eigenvalue weighted by molar-refractivity contribution is -0.142. The van der Waals surface area contributed by atoms with Crippen LogP contribution < -0.4 is 5.32 Å². The van der Waals surface area contributed by atoms with Crippen molar-refractivity contribution in [3.05, 3.63) is 29.8 Å². The van der Waals surface area contributed by atoms with E-state index in [1.165, 1.54) is 5.56 Å². The zero-order valence-electron chi connectivity index (χ0n) is 8.79. The number of carbonyl (C=O) groups is 1. The third-order valence-corrected chi connectivity index (χ3v) is 3.23.